The number of benzene rings is 2. The van der Waals surface area contributed by atoms with Gasteiger partial charge in [0.2, 0.25) is 0 Å². The van der Waals surface area contributed by atoms with Crippen LogP contribution in [0.5, 0.6) is 11.5 Å². The zero-order valence-electron chi connectivity index (χ0n) is 13.8. The van der Waals surface area contributed by atoms with Gasteiger partial charge in [0.05, 0.1) is 25.9 Å². The highest BCUT2D eigenvalue weighted by Crippen LogP contribution is 2.50. The second-order valence-corrected chi connectivity index (χ2v) is 6.29. The molecule has 1 N–H and O–H groups in total. The largest absolute Gasteiger partial charge is 0.493 e. The highest BCUT2D eigenvalue weighted by atomic mass is 19.1. The van der Waals surface area contributed by atoms with Gasteiger partial charge in [0.1, 0.15) is 5.82 Å². The lowest BCUT2D eigenvalue weighted by Gasteiger charge is -2.37. The van der Waals surface area contributed by atoms with Crippen LogP contribution >= 0.6 is 0 Å². The van der Waals surface area contributed by atoms with Crippen molar-refractivity contribution in [1.29, 1.82) is 0 Å². The summed E-state index contributed by atoms with van der Waals surface area (Å²) in [6.45, 7) is 0. The van der Waals surface area contributed by atoms with E-state index >= 15 is 0 Å². The Morgan fingerprint density at radius 3 is 2.71 bits per heavy atom. The lowest BCUT2D eigenvalue weighted by Crippen LogP contribution is -2.29. The lowest BCUT2D eigenvalue weighted by molar-refractivity contribution is 0.352. The Labute approximate surface area is 141 Å². The third-order valence-electron chi connectivity index (χ3n) is 5.11. The fourth-order valence-electron chi connectivity index (χ4n) is 3.96. The van der Waals surface area contributed by atoms with Crippen molar-refractivity contribution in [1.82, 2.24) is 0 Å². The maximum atomic E-state index is 14.4. The number of hydrogen-bond acceptors (Lipinski definition) is 3. The number of halogens is 1. The van der Waals surface area contributed by atoms with Gasteiger partial charge in [-0.3, -0.25) is 0 Å². The van der Waals surface area contributed by atoms with E-state index in [1.54, 1.807) is 20.3 Å². The van der Waals surface area contributed by atoms with Crippen LogP contribution in [0.2, 0.25) is 0 Å². The Morgan fingerprint density at radius 1 is 1.08 bits per heavy atom. The van der Waals surface area contributed by atoms with E-state index in [4.69, 9.17) is 9.47 Å². The van der Waals surface area contributed by atoms with E-state index in [1.165, 1.54) is 6.07 Å². The molecule has 2 aromatic carbocycles. The number of hydrogen-bond donors (Lipinski definition) is 1. The first-order valence-electron chi connectivity index (χ1n) is 8.16. The van der Waals surface area contributed by atoms with E-state index in [0.29, 0.717) is 23.1 Å². The molecule has 4 rings (SSSR count). The van der Waals surface area contributed by atoms with Crippen LogP contribution in [0.15, 0.2) is 48.6 Å². The molecule has 3 nitrogen and oxygen atoms in total. The third-order valence-corrected chi connectivity index (χ3v) is 5.11. The summed E-state index contributed by atoms with van der Waals surface area (Å²) in [5.74, 6) is 1.81. The van der Waals surface area contributed by atoms with Crippen LogP contribution in [0, 0.1) is 11.7 Å². The van der Waals surface area contributed by atoms with Gasteiger partial charge in [-0.05, 0) is 41.7 Å². The van der Waals surface area contributed by atoms with Crippen molar-refractivity contribution >= 4 is 5.69 Å². The molecule has 0 bridgehead atoms. The molecule has 0 amide bonds. The fourth-order valence-corrected chi connectivity index (χ4v) is 3.96. The highest BCUT2D eigenvalue weighted by molar-refractivity contribution is 5.61. The molecule has 24 heavy (non-hydrogen) atoms. The van der Waals surface area contributed by atoms with Crippen molar-refractivity contribution in [3.05, 3.63) is 65.5 Å². The van der Waals surface area contributed by atoms with Crippen molar-refractivity contribution < 1.29 is 13.9 Å². The zero-order valence-corrected chi connectivity index (χ0v) is 13.8. The molecule has 1 aliphatic heterocycles. The third kappa shape index (κ3) is 2.25. The maximum absolute atomic E-state index is 14.4. The average molecular weight is 325 g/mol. The second kappa shape index (κ2) is 5.86. The first-order chi connectivity index (χ1) is 11.7. The summed E-state index contributed by atoms with van der Waals surface area (Å²) < 4.78 is 25.1. The zero-order chi connectivity index (χ0) is 16.7. The number of rotatable bonds is 3. The monoisotopic (exact) mass is 325 g/mol. The summed E-state index contributed by atoms with van der Waals surface area (Å²) in [4.78, 5) is 0. The Kier molecular flexibility index (Phi) is 3.68. The molecule has 3 unspecified atom stereocenters. The van der Waals surface area contributed by atoms with Gasteiger partial charge in [-0.1, -0.05) is 30.4 Å². The van der Waals surface area contributed by atoms with E-state index < -0.39 is 0 Å². The normalized spacial score (nSPS) is 24.0. The molecule has 0 aromatic heterocycles. The number of methoxy groups -OCH3 is 2. The molecule has 0 radical (unpaired) electrons. The predicted octanol–water partition coefficient (Wildman–Crippen LogP) is 4.67. The minimum absolute atomic E-state index is 0.0363. The molecule has 0 spiro atoms. The highest BCUT2D eigenvalue weighted by Gasteiger charge is 2.39. The van der Waals surface area contributed by atoms with E-state index in [-0.39, 0.29) is 17.8 Å². The van der Waals surface area contributed by atoms with Crippen LogP contribution in [-0.4, -0.2) is 14.2 Å². The number of para-hydroxylation sites is 1. The van der Waals surface area contributed by atoms with Crippen LogP contribution < -0.4 is 14.8 Å². The molecule has 4 heteroatoms. The van der Waals surface area contributed by atoms with Crippen LogP contribution in [0.4, 0.5) is 10.1 Å². The molecule has 0 saturated heterocycles. The summed E-state index contributed by atoms with van der Waals surface area (Å²) >= 11 is 0. The van der Waals surface area contributed by atoms with E-state index in [0.717, 1.165) is 17.5 Å². The second-order valence-electron chi connectivity index (χ2n) is 6.29. The molecule has 1 heterocycles. The van der Waals surface area contributed by atoms with Gasteiger partial charge in [-0.2, -0.15) is 0 Å². The SMILES string of the molecule is COc1ccc(C2Nc3c(F)cccc3C3C=CCC32)cc1OC. The molecule has 124 valence electrons. The molecule has 0 saturated carbocycles. The standard InChI is InChI=1S/C20H20FNO2/c1-23-17-10-9-12(11-18(17)24-2)19-14-6-3-5-13(14)15-7-4-8-16(21)20(15)22-19/h3-5,7-11,13-14,19,22H,6H2,1-2H3. The first kappa shape index (κ1) is 15.1. The van der Waals surface area contributed by atoms with Crippen molar-refractivity contribution in [3.8, 4) is 11.5 Å². The van der Waals surface area contributed by atoms with Crippen LogP contribution in [0.3, 0.4) is 0 Å². The minimum Gasteiger partial charge on any atom is -0.493 e. The van der Waals surface area contributed by atoms with Gasteiger partial charge in [0, 0.05) is 5.92 Å². The number of allylic oxidation sites excluding steroid dienone is 2. The summed E-state index contributed by atoms with van der Waals surface area (Å²) in [7, 11) is 3.25. The summed E-state index contributed by atoms with van der Waals surface area (Å²) in [5.41, 5.74) is 2.75. The molecular formula is C20H20FNO2. The van der Waals surface area contributed by atoms with Gasteiger partial charge in [0.25, 0.3) is 0 Å². The van der Waals surface area contributed by atoms with Gasteiger partial charge in [-0.25, -0.2) is 4.39 Å². The summed E-state index contributed by atoms with van der Waals surface area (Å²) in [6.07, 6.45) is 5.38. The van der Waals surface area contributed by atoms with Gasteiger partial charge in [-0.15, -0.1) is 0 Å². The lowest BCUT2D eigenvalue weighted by atomic mass is 9.77. The van der Waals surface area contributed by atoms with Crippen LogP contribution in [0.1, 0.15) is 29.5 Å². The maximum Gasteiger partial charge on any atom is 0.161 e. The van der Waals surface area contributed by atoms with Crippen molar-refractivity contribution in [2.24, 2.45) is 5.92 Å². The van der Waals surface area contributed by atoms with Crippen molar-refractivity contribution in [2.45, 2.75) is 18.4 Å². The van der Waals surface area contributed by atoms with E-state index in [1.807, 2.05) is 24.3 Å². The van der Waals surface area contributed by atoms with Crippen LogP contribution in [-0.2, 0) is 0 Å². The molecule has 0 fully saturated rings. The minimum atomic E-state index is -0.197. The van der Waals surface area contributed by atoms with Gasteiger partial charge >= 0.3 is 0 Å². The molecule has 2 aliphatic rings. The Morgan fingerprint density at radius 2 is 1.92 bits per heavy atom. The molecular weight excluding hydrogens is 305 g/mol. The Balaban J connectivity index is 1.78. The summed E-state index contributed by atoms with van der Waals surface area (Å²) in [6, 6.07) is 11.3. The molecule has 2 aromatic rings. The van der Waals surface area contributed by atoms with Crippen LogP contribution in [0.25, 0.3) is 0 Å². The Hall–Kier alpha value is -2.49. The Bertz CT molecular complexity index is 802. The topological polar surface area (TPSA) is 30.5 Å². The smallest absolute Gasteiger partial charge is 0.161 e. The predicted molar refractivity (Wildman–Crippen MR) is 92.3 cm³/mol. The van der Waals surface area contributed by atoms with Crippen molar-refractivity contribution in [2.75, 3.05) is 19.5 Å². The van der Waals surface area contributed by atoms with E-state index in [9.17, 15) is 4.39 Å². The van der Waals surface area contributed by atoms with Crippen molar-refractivity contribution in [3.63, 3.8) is 0 Å². The average Bonchev–Trinajstić information content (AvgIpc) is 3.11. The van der Waals surface area contributed by atoms with E-state index in [2.05, 4.69) is 17.5 Å². The quantitative estimate of drug-likeness (QED) is 0.832. The molecule has 3 atom stereocenters. The number of fused-ring (bicyclic) bond motifs is 3. The number of anilines is 1. The number of ether oxygens (including phenoxy) is 2. The summed E-state index contributed by atoms with van der Waals surface area (Å²) in [5, 5.41) is 3.43. The van der Waals surface area contributed by atoms with Gasteiger partial charge < -0.3 is 14.8 Å². The number of nitrogens with one attached hydrogen (secondary N) is 1. The molecule has 1 aliphatic carbocycles. The van der Waals surface area contributed by atoms with Gasteiger partial charge in [0.15, 0.2) is 11.5 Å². The first-order valence-corrected chi connectivity index (χ1v) is 8.16. The fraction of sp³-hybridized carbons (Fsp3) is 0.300.